The van der Waals surface area contributed by atoms with Gasteiger partial charge in [0.1, 0.15) is 5.69 Å². The minimum atomic E-state index is -0.959. The summed E-state index contributed by atoms with van der Waals surface area (Å²) in [5, 5.41) is 8.95. The molecule has 0 unspecified atom stereocenters. The van der Waals surface area contributed by atoms with Crippen molar-refractivity contribution in [1.82, 2.24) is 9.88 Å². The molecule has 4 heteroatoms. The van der Waals surface area contributed by atoms with Gasteiger partial charge >= 0.3 is 5.97 Å². The third kappa shape index (κ3) is 3.13. The second-order valence-electron chi connectivity index (χ2n) is 5.49. The third-order valence-electron chi connectivity index (χ3n) is 4.43. The van der Waals surface area contributed by atoms with Crippen LogP contribution in [0.3, 0.4) is 0 Å². The van der Waals surface area contributed by atoms with E-state index in [-0.39, 0.29) is 5.69 Å². The maximum Gasteiger partial charge on any atom is 0.354 e. The van der Waals surface area contributed by atoms with Crippen LogP contribution in [0, 0.1) is 5.41 Å². The van der Waals surface area contributed by atoms with Gasteiger partial charge in [0.05, 0.1) is 5.69 Å². The first-order chi connectivity index (χ1) is 9.08. The normalized spacial score (nSPS) is 18.6. The molecule has 1 saturated heterocycles. The summed E-state index contributed by atoms with van der Waals surface area (Å²) >= 11 is 0. The molecule has 0 aromatic carbocycles. The van der Waals surface area contributed by atoms with Gasteiger partial charge in [-0.3, -0.25) is 4.90 Å². The zero-order chi connectivity index (χ0) is 13.9. The number of hydrogen-bond acceptors (Lipinski definition) is 3. The summed E-state index contributed by atoms with van der Waals surface area (Å²) in [6.45, 7) is 7.45. The van der Waals surface area contributed by atoms with Crippen molar-refractivity contribution in [3.63, 3.8) is 0 Å². The molecule has 19 heavy (non-hydrogen) atoms. The Labute approximate surface area is 114 Å². The van der Waals surface area contributed by atoms with E-state index in [0.29, 0.717) is 5.41 Å². The van der Waals surface area contributed by atoms with Crippen molar-refractivity contribution in [3.05, 3.63) is 29.6 Å². The molecule has 0 bridgehead atoms. The fraction of sp³-hybridized carbons (Fsp3) is 0.600. The molecule has 1 N–H and O–H groups in total. The summed E-state index contributed by atoms with van der Waals surface area (Å²) in [6.07, 6.45) is 3.66. The van der Waals surface area contributed by atoms with Gasteiger partial charge in [-0.15, -0.1) is 0 Å². The van der Waals surface area contributed by atoms with Crippen LogP contribution in [0.25, 0.3) is 0 Å². The molecule has 1 aliphatic rings. The molecule has 1 aromatic heterocycles. The number of carboxylic acid groups (broad SMARTS) is 1. The molecular formula is C15H22N2O2. The molecule has 1 aromatic rings. The summed E-state index contributed by atoms with van der Waals surface area (Å²) in [5.74, 6) is -0.959. The largest absolute Gasteiger partial charge is 0.477 e. The molecule has 0 spiro atoms. The van der Waals surface area contributed by atoms with Crippen molar-refractivity contribution < 1.29 is 9.90 Å². The Hall–Kier alpha value is -1.42. The number of rotatable bonds is 5. The summed E-state index contributed by atoms with van der Waals surface area (Å²) in [5.41, 5.74) is 1.43. The van der Waals surface area contributed by atoms with Crippen LogP contribution in [0.5, 0.6) is 0 Å². The van der Waals surface area contributed by atoms with Crippen LogP contribution in [0.1, 0.15) is 49.3 Å². The number of carbonyl (C=O) groups is 1. The van der Waals surface area contributed by atoms with Crippen LogP contribution in [0.4, 0.5) is 0 Å². The molecule has 0 atom stereocenters. The molecule has 4 nitrogen and oxygen atoms in total. The van der Waals surface area contributed by atoms with E-state index in [9.17, 15) is 4.79 Å². The number of pyridine rings is 1. The van der Waals surface area contributed by atoms with E-state index in [1.165, 1.54) is 25.3 Å². The molecule has 104 valence electrons. The predicted molar refractivity (Wildman–Crippen MR) is 74.1 cm³/mol. The van der Waals surface area contributed by atoms with Gasteiger partial charge in [0, 0.05) is 13.1 Å². The first kappa shape index (κ1) is 14.0. The highest BCUT2D eigenvalue weighted by Crippen LogP contribution is 2.37. The van der Waals surface area contributed by atoms with Crippen molar-refractivity contribution in [1.29, 1.82) is 0 Å². The van der Waals surface area contributed by atoms with Crippen molar-refractivity contribution in [2.24, 2.45) is 5.41 Å². The van der Waals surface area contributed by atoms with Gasteiger partial charge in [-0.05, 0) is 43.4 Å². The molecule has 1 fully saturated rings. The molecule has 0 radical (unpaired) electrons. The van der Waals surface area contributed by atoms with Gasteiger partial charge in [0.25, 0.3) is 0 Å². The Bertz CT molecular complexity index is 455. The van der Waals surface area contributed by atoms with Gasteiger partial charge in [-0.1, -0.05) is 19.9 Å². The van der Waals surface area contributed by atoms with Crippen molar-refractivity contribution >= 4 is 5.97 Å². The summed E-state index contributed by atoms with van der Waals surface area (Å²) in [6, 6.07) is 5.22. The smallest absolute Gasteiger partial charge is 0.354 e. The Morgan fingerprint density at radius 3 is 2.74 bits per heavy atom. The van der Waals surface area contributed by atoms with Crippen molar-refractivity contribution in [3.8, 4) is 0 Å². The molecule has 1 aliphatic heterocycles. The van der Waals surface area contributed by atoms with Gasteiger partial charge in [0.15, 0.2) is 0 Å². The lowest BCUT2D eigenvalue weighted by molar-refractivity contribution is 0.0690. The number of hydrogen-bond donors (Lipinski definition) is 1. The van der Waals surface area contributed by atoms with Gasteiger partial charge in [-0.2, -0.15) is 0 Å². The van der Waals surface area contributed by atoms with E-state index in [1.54, 1.807) is 6.07 Å². The number of aromatic nitrogens is 1. The van der Waals surface area contributed by atoms with Crippen molar-refractivity contribution in [2.75, 3.05) is 13.1 Å². The van der Waals surface area contributed by atoms with Gasteiger partial charge < -0.3 is 5.11 Å². The van der Waals surface area contributed by atoms with E-state index in [4.69, 9.17) is 5.11 Å². The van der Waals surface area contributed by atoms with E-state index in [2.05, 4.69) is 23.7 Å². The van der Waals surface area contributed by atoms with Gasteiger partial charge in [0.2, 0.25) is 0 Å². The highest BCUT2D eigenvalue weighted by molar-refractivity contribution is 5.85. The summed E-state index contributed by atoms with van der Waals surface area (Å²) in [4.78, 5) is 17.5. The maximum atomic E-state index is 10.9. The van der Waals surface area contributed by atoms with E-state index in [1.807, 2.05) is 6.07 Å². The maximum absolute atomic E-state index is 10.9. The molecule has 2 heterocycles. The first-order valence-corrected chi connectivity index (χ1v) is 7.00. The topological polar surface area (TPSA) is 53.4 Å². The summed E-state index contributed by atoms with van der Waals surface area (Å²) < 4.78 is 0. The van der Waals surface area contributed by atoms with Crippen LogP contribution in [0.2, 0.25) is 0 Å². The fourth-order valence-electron chi connectivity index (χ4n) is 2.91. The van der Waals surface area contributed by atoms with Crippen LogP contribution in [-0.2, 0) is 6.54 Å². The second-order valence-corrected chi connectivity index (χ2v) is 5.49. The average molecular weight is 262 g/mol. The molecule has 0 saturated carbocycles. The van der Waals surface area contributed by atoms with Crippen LogP contribution < -0.4 is 0 Å². The Morgan fingerprint density at radius 1 is 1.42 bits per heavy atom. The zero-order valence-electron chi connectivity index (χ0n) is 11.7. The molecule has 0 aliphatic carbocycles. The van der Waals surface area contributed by atoms with E-state index in [0.717, 1.165) is 25.3 Å². The standard InChI is InChI=1S/C15H22N2O2/c1-3-15(4-2)8-9-17(11-15)10-12-6-5-7-13(16-12)14(18)19/h5-7H,3-4,8-11H2,1-2H3,(H,18,19). The zero-order valence-corrected chi connectivity index (χ0v) is 11.7. The van der Waals surface area contributed by atoms with Crippen LogP contribution in [-0.4, -0.2) is 34.0 Å². The Morgan fingerprint density at radius 2 is 2.16 bits per heavy atom. The highest BCUT2D eigenvalue weighted by atomic mass is 16.4. The number of aromatic carboxylic acids is 1. The minimum absolute atomic E-state index is 0.133. The van der Waals surface area contributed by atoms with Gasteiger partial charge in [-0.25, -0.2) is 9.78 Å². The van der Waals surface area contributed by atoms with Crippen LogP contribution in [0.15, 0.2) is 18.2 Å². The molecular weight excluding hydrogens is 240 g/mol. The highest BCUT2D eigenvalue weighted by Gasteiger charge is 2.34. The third-order valence-corrected chi connectivity index (χ3v) is 4.43. The van der Waals surface area contributed by atoms with E-state index < -0.39 is 5.97 Å². The lowest BCUT2D eigenvalue weighted by Crippen LogP contribution is -2.26. The predicted octanol–water partition coefficient (Wildman–Crippen LogP) is 2.79. The van der Waals surface area contributed by atoms with Crippen molar-refractivity contribution in [2.45, 2.75) is 39.7 Å². The SMILES string of the molecule is CCC1(CC)CCN(Cc2cccc(C(=O)O)n2)C1. The van der Waals surface area contributed by atoms with Crippen LogP contribution >= 0.6 is 0 Å². The Balaban J connectivity index is 2.03. The number of likely N-dealkylation sites (tertiary alicyclic amines) is 1. The molecule has 2 rings (SSSR count). The second kappa shape index (κ2) is 5.70. The quantitative estimate of drug-likeness (QED) is 0.886. The monoisotopic (exact) mass is 262 g/mol. The lowest BCUT2D eigenvalue weighted by Gasteiger charge is -2.26. The number of nitrogens with zero attached hydrogens (tertiary/aromatic N) is 2. The molecule has 0 amide bonds. The summed E-state index contributed by atoms with van der Waals surface area (Å²) in [7, 11) is 0. The lowest BCUT2D eigenvalue weighted by atomic mass is 9.82. The average Bonchev–Trinajstić information content (AvgIpc) is 2.83. The first-order valence-electron chi connectivity index (χ1n) is 7.00. The van der Waals surface area contributed by atoms with E-state index >= 15 is 0 Å². The minimum Gasteiger partial charge on any atom is -0.477 e. The fourth-order valence-corrected chi connectivity index (χ4v) is 2.91. The number of carboxylic acids is 1. The Kier molecular flexibility index (Phi) is 4.20.